The summed E-state index contributed by atoms with van der Waals surface area (Å²) < 4.78 is 60.9. The monoisotopic (exact) mass is 1500 g/mol. The molecular weight excluding hydrogens is 1360 g/mol. The maximum Gasteiger partial charge on any atom is 0.153 e. The predicted molar refractivity (Wildman–Crippen MR) is 433 cm³/mol. The SMILES string of the molecule is CC(C)(C)CNCc1ccccn1.CC(C)(C)CNCc1ncccc1F.CC(C)(C)CNCc1ncccn1.CC(C)(C)COCc1ccccn1.CC(C)(C)COCc1ncccc1F.CC(C)(C)COCc1ncccc1F.CC(C)(C)COCc1ncccn1.CN(Cc1ncccn1)CC(C)(C)C. The van der Waals surface area contributed by atoms with Crippen LogP contribution in [0.3, 0.4) is 0 Å². The van der Waals surface area contributed by atoms with Crippen LogP contribution in [0.25, 0.3) is 0 Å². The molecule has 8 aromatic rings. The summed E-state index contributed by atoms with van der Waals surface area (Å²) in [5, 5.41) is 9.88. The number of halogens is 3. The lowest BCUT2D eigenvalue weighted by atomic mass is 9.96. The van der Waals surface area contributed by atoms with Crippen molar-refractivity contribution in [1.82, 2.24) is 75.7 Å². The molecule has 0 aliphatic carbocycles. The van der Waals surface area contributed by atoms with Crippen LogP contribution in [0.2, 0.25) is 0 Å². The molecule has 0 radical (unpaired) electrons. The summed E-state index contributed by atoms with van der Waals surface area (Å²) in [4.78, 5) is 47.2. The van der Waals surface area contributed by atoms with Crippen LogP contribution in [0.15, 0.2) is 159 Å². The van der Waals surface area contributed by atoms with E-state index in [1.807, 2.05) is 54.7 Å². The van der Waals surface area contributed by atoms with Crippen LogP contribution in [0.4, 0.5) is 13.2 Å². The number of rotatable bonds is 24. The van der Waals surface area contributed by atoms with E-state index in [0.717, 1.165) is 87.9 Å². The van der Waals surface area contributed by atoms with Gasteiger partial charge in [0.05, 0.1) is 76.4 Å². The molecule has 8 aromatic heterocycles. The number of nitrogens with one attached hydrogen (secondary N) is 3. The fourth-order valence-corrected chi connectivity index (χ4v) is 8.42. The van der Waals surface area contributed by atoms with E-state index in [-0.39, 0.29) is 57.7 Å². The van der Waals surface area contributed by atoms with Crippen molar-refractivity contribution >= 4 is 0 Å². The molecule has 22 heteroatoms. The van der Waals surface area contributed by atoms with Gasteiger partial charge in [0.1, 0.15) is 47.1 Å². The zero-order valence-electron chi connectivity index (χ0n) is 70.5. The Hall–Kier alpha value is -7.54. The van der Waals surface area contributed by atoms with E-state index < -0.39 is 0 Å². The van der Waals surface area contributed by atoms with Crippen molar-refractivity contribution in [3.63, 3.8) is 0 Å². The Balaban J connectivity index is 0.000000617. The number of hydrogen-bond acceptors (Lipinski definition) is 19. The molecule has 0 aliphatic rings. The van der Waals surface area contributed by atoms with Crippen LogP contribution in [0.5, 0.6) is 0 Å². The molecule has 0 aromatic carbocycles. The summed E-state index contributed by atoms with van der Waals surface area (Å²) in [6, 6.07) is 26.3. The van der Waals surface area contributed by atoms with Gasteiger partial charge in [0.15, 0.2) is 5.82 Å². The lowest BCUT2D eigenvalue weighted by Gasteiger charge is -2.25. The molecule has 0 bridgehead atoms. The molecule has 0 saturated heterocycles. The largest absolute Gasteiger partial charge is 0.375 e. The molecule has 19 nitrogen and oxygen atoms in total. The van der Waals surface area contributed by atoms with Crippen LogP contribution < -0.4 is 16.0 Å². The van der Waals surface area contributed by atoms with E-state index in [0.29, 0.717) is 66.3 Å². The molecule has 0 saturated carbocycles. The van der Waals surface area contributed by atoms with Gasteiger partial charge in [-0.2, -0.15) is 0 Å². The number of nitrogens with zero attached hydrogens (tertiary/aromatic N) is 12. The minimum Gasteiger partial charge on any atom is -0.375 e. The van der Waals surface area contributed by atoms with Crippen LogP contribution in [0, 0.1) is 60.8 Å². The third kappa shape index (κ3) is 61.4. The highest BCUT2D eigenvalue weighted by molar-refractivity contribution is 5.09. The summed E-state index contributed by atoms with van der Waals surface area (Å²) in [7, 11) is 2.10. The normalized spacial score (nSPS) is 11.7. The smallest absolute Gasteiger partial charge is 0.153 e. The molecule has 600 valence electrons. The molecule has 0 amide bonds. The van der Waals surface area contributed by atoms with Gasteiger partial charge < -0.3 is 34.9 Å². The fourth-order valence-electron chi connectivity index (χ4n) is 8.42. The molecule has 8 heterocycles. The number of ether oxygens (including phenoxy) is 4. The number of aromatic nitrogens is 11. The van der Waals surface area contributed by atoms with Gasteiger partial charge in [-0.25, -0.2) is 43.1 Å². The Labute approximate surface area is 649 Å². The highest BCUT2D eigenvalue weighted by Gasteiger charge is 2.17. The molecule has 0 fully saturated rings. The number of pyridine rings is 5. The lowest BCUT2D eigenvalue weighted by Crippen LogP contribution is -2.29. The van der Waals surface area contributed by atoms with Gasteiger partial charge in [0.2, 0.25) is 0 Å². The third-order valence-electron chi connectivity index (χ3n) is 12.9. The van der Waals surface area contributed by atoms with Crippen molar-refractivity contribution in [2.75, 3.05) is 59.7 Å². The van der Waals surface area contributed by atoms with Gasteiger partial charge in [-0.1, -0.05) is 178 Å². The van der Waals surface area contributed by atoms with E-state index in [9.17, 15) is 13.2 Å². The summed E-state index contributed by atoms with van der Waals surface area (Å²) in [5.74, 6) is 1.63. The molecule has 108 heavy (non-hydrogen) atoms. The van der Waals surface area contributed by atoms with Crippen molar-refractivity contribution in [2.24, 2.45) is 43.3 Å². The molecule has 0 spiro atoms. The Bertz CT molecular complexity index is 3130. The predicted octanol–water partition coefficient (Wildman–Crippen LogP) is 18.4. The second-order valence-electron chi connectivity index (χ2n) is 35.9. The van der Waals surface area contributed by atoms with Crippen molar-refractivity contribution in [3.05, 3.63) is 223 Å². The molecule has 0 atom stereocenters. The van der Waals surface area contributed by atoms with Crippen LogP contribution in [-0.2, 0) is 71.6 Å². The lowest BCUT2D eigenvalue weighted by molar-refractivity contribution is 0.0561. The van der Waals surface area contributed by atoms with Crippen molar-refractivity contribution < 1.29 is 32.1 Å². The second-order valence-corrected chi connectivity index (χ2v) is 35.9. The summed E-state index contributed by atoms with van der Waals surface area (Å²) in [6.45, 7) is 62.8. The quantitative estimate of drug-likeness (QED) is 0.0512. The Morgan fingerprint density at radius 2 is 0.602 bits per heavy atom. The van der Waals surface area contributed by atoms with E-state index in [1.165, 1.54) is 18.2 Å². The van der Waals surface area contributed by atoms with Crippen LogP contribution >= 0.6 is 0 Å². The average Bonchev–Trinajstić information content (AvgIpc) is 0.935. The Kier molecular flexibility index (Phi) is 47.2. The van der Waals surface area contributed by atoms with Gasteiger partial charge in [0.25, 0.3) is 0 Å². The van der Waals surface area contributed by atoms with E-state index in [4.69, 9.17) is 18.9 Å². The van der Waals surface area contributed by atoms with Crippen molar-refractivity contribution in [2.45, 2.75) is 219 Å². The minimum atomic E-state index is -0.304. The standard InChI is InChI=1S/C11H17FN2.2C11H16FNO.C11H19N3.C11H18N2.C11H17NO.C10H17N3.C10H16N2O/c1-11(2,3)8-13-7-10-9(12)5-4-6-14-10;2*1-11(2,3)8-14-7-10-9(12)5-4-6-13-10;1-11(2,3)9-14(4)8-10-12-6-5-7-13-10;1-11(2,3)9-12-8-10-6-4-5-7-13-10;1-11(2,3)9-13-8-10-6-4-5-7-12-10;1-10(2,3)8-11-7-9-12-5-4-6-13-9;1-10(2,3)8-13-7-9-11-5-4-6-12-9/h4-6,13H,7-8H2,1-3H3;2*4-6H,7-8H2,1-3H3;5-7H,8-9H2,1-4H3;4-7,12H,8-9H2,1-3H3;4-7H,8-9H2,1-3H3;4-6,11H,7-8H2,1-3H3;4-6H,7-8H2,1-3H3. The maximum absolute atomic E-state index is 13.1. The molecular formula is C86H136F3N15O4. The Morgan fingerprint density at radius 1 is 0.287 bits per heavy atom. The molecule has 0 unspecified atom stereocenters. The Morgan fingerprint density at radius 3 is 0.954 bits per heavy atom. The average molecular weight is 1500 g/mol. The van der Waals surface area contributed by atoms with E-state index in [2.05, 4.69) is 249 Å². The van der Waals surface area contributed by atoms with Crippen LogP contribution in [0.1, 0.15) is 212 Å². The van der Waals surface area contributed by atoms with E-state index >= 15 is 0 Å². The molecule has 8 rings (SSSR count). The first-order valence-electron chi connectivity index (χ1n) is 37.2. The van der Waals surface area contributed by atoms with Gasteiger partial charge in [-0.3, -0.25) is 29.8 Å². The topological polar surface area (TPSA) is 218 Å². The first kappa shape index (κ1) is 98.5. The highest BCUT2D eigenvalue weighted by atomic mass is 19.1. The van der Waals surface area contributed by atoms with Gasteiger partial charge in [-0.15, -0.1) is 0 Å². The first-order valence-corrected chi connectivity index (χ1v) is 37.2. The maximum atomic E-state index is 13.1. The van der Waals surface area contributed by atoms with Gasteiger partial charge in [-0.05, 0) is 129 Å². The first-order chi connectivity index (χ1) is 50.3. The van der Waals surface area contributed by atoms with Gasteiger partial charge >= 0.3 is 0 Å². The second kappa shape index (κ2) is 51.8. The summed E-state index contributed by atoms with van der Waals surface area (Å²) in [5.41, 5.74) is 5.15. The highest BCUT2D eigenvalue weighted by Crippen LogP contribution is 2.20. The van der Waals surface area contributed by atoms with Crippen LogP contribution in [-0.4, -0.2) is 119 Å². The number of hydrogen-bond donors (Lipinski definition) is 3. The van der Waals surface area contributed by atoms with Crippen molar-refractivity contribution in [1.29, 1.82) is 0 Å². The molecule has 3 N–H and O–H groups in total. The fraction of sp³-hybridized carbons (Fsp3) is 0.570. The van der Waals surface area contributed by atoms with Gasteiger partial charge in [0, 0.05) is 107 Å². The van der Waals surface area contributed by atoms with E-state index in [1.54, 1.807) is 86.2 Å². The summed E-state index contributed by atoms with van der Waals surface area (Å²) >= 11 is 0. The third-order valence-corrected chi connectivity index (χ3v) is 12.9. The zero-order valence-corrected chi connectivity index (χ0v) is 70.5. The minimum absolute atomic E-state index is 0.102. The van der Waals surface area contributed by atoms with Crippen molar-refractivity contribution in [3.8, 4) is 0 Å². The zero-order chi connectivity index (χ0) is 81.4. The summed E-state index contributed by atoms with van der Waals surface area (Å²) in [6.07, 6.45) is 18.9. The molecule has 0 aliphatic heterocycles.